The molecule has 0 bridgehead atoms. The van der Waals surface area contributed by atoms with Gasteiger partial charge in [-0.15, -0.1) is 0 Å². The second kappa shape index (κ2) is 5.75. The van der Waals surface area contributed by atoms with E-state index in [4.69, 9.17) is 5.11 Å². The van der Waals surface area contributed by atoms with Crippen LogP contribution in [0.15, 0.2) is 0 Å². The minimum absolute atomic E-state index is 0.0195. The highest BCUT2D eigenvalue weighted by atomic mass is 16.4. The maximum absolute atomic E-state index is 12.0. The van der Waals surface area contributed by atoms with E-state index in [9.17, 15) is 19.8 Å². The summed E-state index contributed by atoms with van der Waals surface area (Å²) in [6.45, 7) is 0.0195. The smallest absolute Gasteiger partial charge is 0.326 e. The molecule has 4 N–H and O–H groups in total. The number of carbonyl (C=O) groups excluding carboxylic acids is 1. The Bertz CT molecular complexity index is 362. The third kappa shape index (κ3) is 3.16. The third-order valence-corrected chi connectivity index (χ3v) is 3.86. The number of urea groups is 1. The lowest BCUT2D eigenvalue weighted by Crippen LogP contribution is -2.53. The van der Waals surface area contributed by atoms with Gasteiger partial charge >= 0.3 is 12.0 Å². The van der Waals surface area contributed by atoms with Crippen LogP contribution in [0.25, 0.3) is 0 Å². The van der Waals surface area contributed by atoms with Crippen LogP contribution in [-0.4, -0.2) is 63.1 Å². The number of amides is 2. The summed E-state index contributed by atoms with van der Waals surface area (Å²) in [5.74, 6) is -1.11. The topological polar surface area (TPSA) is 110 Å². The van der Waals surface area contributed by atoms with E-state index in [0.29, 0.717) is 12.8 Å². The molecule has 0 spiro atoms. The Kier molecular flexibility index (Phi) is 4.26. The molecule has 0 aromatic carbocycles. The van der Waals surface area contributed by atoms with Crippen LogP contribution in [0.4, 0.5) is 4.79 Å². The van der Waals surface area contributed by atoms with Crippen LogP contribution >= 0.6 is 0 Å². The van der Waals surface area contributed by atoms with E-state index in [2.05, 4.69) is 5.32 Å². The minimum Gasteiger partial charge on any atom is -0.480 e. The van der Waals surface area contributed by atoms with Crippen LogP contribution in [0.1, 0.15) is 32.1 Å². The molecule has 2 amide bonds. The molecule has 2 aliphatic rings. The molecule has 1 aliphatic heterocycles. The third-order valence-electron chi connectivity index (χ3n) is 3.86. The first-order valence-corrected chi connectivity index (χ1v) is 6.65. The Morgan fingerprint density at radius 3 is 2.47 bits per heavy atom. The molecule has 4 atom stereocenters. The summed E-state index contributed by atoms with van der Waals surface area (Å²) < 4.78 is 0. The number of aliphatic hydroxyl groups is 2. The minimum atomic E-state index is -1.11. The standard InChI is InChI=1S/C12H20N2O5/c15-7-5-9(11(17)18)14(6-7)12(19)13-8-3-1-2-4-10(8)16/h7-10,15-16H,1-6H2,(H,13,19)(H,17,18). The predicted molar refractivity (Wildman–Crippen MR) is 65.5 cm³/mol. The van der Waals surface area contributed by atoms with Gasteiger partial charge in [-0.1, -0.05) is 12.8 Å². The molecule has 1 saturated carbocycles. The van der Waals surface area contributed by atoms with Crippen molar-refractivity contribution >= 4 is 12.0 Å². The van der Waals surface area contributed by atoms with Crippen molar-refractivity contribution in [2.75, 3.05) is 6.54 Å². The van der Waals surface area contributed by atoms with Gasteiger partial charge in [-0.3, -0.25) is 0 Å². The molecule has 19 heavy (non-hydrogen) atoms. The number of rotatable bonds is 2. The van der Waals surface area contributed by atoms with Gasteiger partial charge in [-0.25, -0.2) is 9.59 Å². The number of hydrogen-bond acceptors (Lipinski definition) is 4. The maximum atomic E-state index is 12.0. The van der Waals surface area contributed by atoms with E-state index >= 15 is 0 Å². The first-order valence-electron chi connectivity index (χ1n) is 6.65. The van der Waals surface area contributed by atoms with Crippen LogP contribution in [0, 0.1) is 0 Å². The number of aliphatic hydroxyl groups excluding tert-OH is 2. The normalized spacial score (nSPS) is 35.2. The highest BCUT2D eigenvalue weighted by Crippen LogP contribution is 2.21. The highest BCUT2D eigenvalue weighted by molar-refractivity contribution is 5.83. The largest absolute Gasteiger partial charge is 0.480 e. The summed E-state index contributed by atoms with van der Waals surface area (Å²) in [6, 6.07) is -1.83. The molecule has 7 heteroatoms. The van der Waals surface area contributed by atoms with Gasteiger partial charge in [0.2, 0.25) is 0 Å². The zero-order valence-electron chi connectivity index (χ0n) is 10.7. The number of nitrogens with one attached hydrogen (secondary N) is 1. The molecular formula is C12H20N2O5. The number of carboxylic acids is 1. The van der Waals surface area contributed by atoms with Gasteiger partial charge in [0.05, 0.1) is 18.2 Å². The second-order valence-corrected chi connectivity index (χ2v) is 5.30. The van der Waals surface area contributed by atoms with Gasteiger partial charge in [0.25, 0.3) is 0 Å². The van der Waals surface area contributed by atoms with E-state index in [0.717, 1.165) is 17.7 Å². The summed E-state index contributed by atoms with van der Waals surface area (Å²) in [6.07, 6.45) is 1.89. The Balaban J connectivity index is 1.96. The Morgan fingerprint density at radius 1 is 1.16 bits per heavy atom. The lowest BCUT2D eigenvalue weighted by molar-refractivity contribution is -0.141. The fraction of sp³-hybridized carbons (Fsp3) is 0.833. The zero-order chi connectivity index (χ0) is 14.0. The first-order chi connectivity index (χ1) is 8.99. The maximum Gasteiger partial charge on any atom is 0.326 e. The number of aliphatic carboxylic acids is 1. The lowest BCUT2D eigenvalue weighted by atomic mass is 9.93. The van der Waals surface area contributed by atoms with Crippen molar-refractivity contribution in [3.05, 3.63) is 0 Å². The second-order valence-electron chi connectivity index (χ2n) is 5.30. The molecule has 1 aliphatic carbocycles. The van der Waals surface area contributed by atoms with Gasteiger partial charge in [-0.2, -0.15) is 0 Å². The predicted octanol–water partition coefficient (Wildman–Crippen LogP) is -0.481. The van der Waals surface area contributed by atoms with Gasteiger partial charge in [0.15, 0.2) is 0 Å². The molecule has 0 aromatic heterocycles. The molecule has 1 saturated heterocycles. The molecular weight excluding hydrogens is 252 g/mol. The van der Waals surface area contributed by atoms with Crippen LogP contribution in [-0.2, 0) is 4.79 Å². The monoisotopic (exact) mass is 272 g/mol. The Morgan fingerprint density at radius 2 is 1.84 bits per heavy atom. The average molecular weight is 272 g/mol. The summed E-state index contributed by atoms with van der Waals surface area (Å²) >= 11 is 0. The first kappa shape index (κ1) is 14.1. The van der Waals surface area contributed by atoms with Gasteiger partial charge in [0, 0.05) is 13.0 Å². The van der Waals surface area contributed by atoms with Crippen molar-refractivity contribution in [2.24, 2.45) is 0 Å². The number of carbonyl (C=O) groups is 2. The number of β-amino-alcohol motifs (C(OH)–C–C–N with tert-alkyl or cyclic N) is 1. The molecule has 1 heterocycles. The van der Waals surface area contributed by atoms with Gasteiger partial charge in [0.1, 0.15) is 6.04 Å². The fourth-order valence-electron chi connectivity index (χ4n) is 2.79. The molecule has 2 rings (SSSR count). The Hall–Kier alpha value is -1.34. The number of nitrogens with zero attached hydrogens (tertiary/aromatic N) is 1. The van der Waals surface area contributed by atoms with Crippen molar-refractivity contribution in [3.8, 4) is 0 Å². The van der Waals surface area contributed by atoms with E-state index in [1.54, 1.807) is 0 Å². The van der Waals surface area contributed by atoms with E-state index in [-0.39, 0.29) is 19.0 Å². The van der Waals surface area contributed by atoms with Crippen molar-refractivity contribution in [3.63, 3.8) is 0 Å². The SMILES string of the molecule is O=C(O)C1CC(O)CN1C(=O)NC1CCCCC1O. The molecule has 7 nitrogen and oxygen atoms in total. The molecule has 0 radical (unpaired) electrons. The van der Waals surface area contributed by atoms with Crippen LogP contribution in [0.2, 0.25) is 0 Å². The molecule has 2 fully saturated rings. The summed E-state index contributed by atoms with van der Waals surface area (Å²) in [5.41, 5.74) is 0. The van der Waals surface area contributed by atoms with E-state index in [1.165, 1.54) is 0 Å². The van der Waals surface area contributed by atoms with E-state index in [1.807, 2.05) is 0 Å². The zero-order valence-corrected chi connectivity index (χ0v) is 10.7. The summed E-state index contributed by atoms with van der Waals surface area (Å²) in [5, 5.41) is 31.0. The van der Waals surface area contributed by atoms with Crippen LogP contribution in [0.3, 0.4) is 0 Å². The highest BCUT2D eigenvalue weighted by Gasteiger charge is 2.40. The molecule has 108 valence electrons. The average Bonchev–Trinajstić information content (AvgIpc) is 2.74. The van der Waals surface area contributed by atoms with E-state index < -0.39 is 30.3 Å². The number of likely N-dealkylation sites (tertiary alicyclic amines) is 1. The summed E-state index contributed by atoms with van der Waals surface area (Å²) in [7, 11) is 0. The van der Waals surface area contributed by atoms with Crippen LogP contribution in [0.5, 0.6) is 0 Å². The molecule has 4 unspecified atom stereocenters. The van der Waals surface area contributed by atoms with Crippen molar-refractivity contribution in [1.82, 2.24) is 10.2 Å². The van der Waals surface area contributed by atoms with Crippen LogP contribution < -0.4 is 5.32 Å². The van der Waals surface area contributed by atoms with Crippen molar-refractivity contribution in [2.45, 2.75) is 56.4 Å². The van der Waals surface area contributed by atoms with Crippen molar-refractivity contribution < 1.29 is 24.9 Å². The summed E-state index contributed by atoms with van der Waals surface area (Å²) in [4.78, 5) is 24.2. The van der Waals surface area contributed by atoms with Gasteiger partial charge in [-0.05, 0) is 12.8 Å². The molecule has 0 aromatic rings. The fourth-order valence-corrected chi connectivity index (χ4v) is 2.79. The quantitative estimate of drug-likeness (QED) is 0.542. The number of carboxylic acid groups (broad SMARTS) is 1. The van der Waals surface area contributed by atoms with Gasteiger partial charge < -0.3 is 25.5 Å². The Labute approximate surface area is 111 Å². The lowest BCUT2D eigenvalue weighted by Gasteiger charge is -2.31. The number of hydrogen-bond donors (Lipinski definition) is 4. The van der Waals surface area contributed by atoms with Crippen molar-refractivity contribution in [1.29, 1.82) is 0 Å².